The average Bonchev–Trinajstić information content (AvgIpc) is 3.05. The molecule has 2 aromatic rings. The van der Waals surface area contributed by atoms with Crippen LogP contribution in [0.1, 0.15) is 38.5 Å². The maximum atomic E-state index is 15.2. The summed E-state index contributed by atoms with van der Waals surface area (Å²) in [7, 11) is 0. The second kappa shape index (κ2) is 6.08. The number of nitriles is 1. The number of aromatic nitrogens is 1. The summed E-state index contributed by atoms with van der Waals surface area (Å²) in [5.41, 5.74) is -2.96. The van der Waals surface area contributed by atoms with Gasteiger partial charge in [0.15, 0.2) is 0 Å². The van der Waals surface area contributed by atoms with Gasteiger partial charge >= 0.3 is 0 Å². The van der Waals surface area contributed by atoms with Crippen molar-refractivity contribution in [1.82, 2.24) is 10.3 Å². The fraction of sp³-hybridized carbons (Fsp3) is 0.550. The van der Waals surface area contributed by atoms with Crippen molar-refractivity contribution in [2.45, 2.75) is 55.5 Å². The smallest absolute Gasteiger partial charge is 0.211 e. The molecule has 29 heavy (non-hydrogen) atoms. The highest BCUT2D eigenvalue weighted by molar-refractivity contribution is 7.17. The van der Waals surface area contributed by atoms with Crippen LogP contribution >= 0.6 is 11.3 Å². The Balaban J connectivity index is 1.37. The number of alkyl halides is 3. The first-order valence-electron chi connectivity index (χ1n) is 9.60. The number of hydrogen-bond acceptors (Lipinski definition) is 4. The number of guanidine groups is 1. The minimum absolute atomic E-state index is 0.134. The van der Waals surface area contributed by atoms with Gasteiger partial charge in [-0.15, -0.1) is 16.3 Å². The molecule has 1 aromatic carbocycles. The zero-order chi connectivity index (χ0) is 20.3. The maximum absolute atomic E-state index is 15.2. The molecule has 1 aromatic heterocycles. The molecule has 0 atom stereocenters. The molecule has 0 radical (unpaired) electrons. The van der Waals surface area contributed by atoms with Gasteiger partial charge in [-0.2, -0.15) is 5.26 Å². The number of aliphatic imine (C=N–C) groups is 1. The molecule has 9 heteroatoms. The Bertz CT molecular complexity index is 991. The van der Waals surface area contributed by atoms with E-state index in [2.05, 4.69) is 20.6 Å². The summed E-state index contributed by atoms with van der Waals surface area (Å²) in [6, 6.07) is 5.55. The molecule has 2 N–H and O–H groups in total. The van der Waals surface area contributed by atoms with E-state index in [-0.39, 0.29) is 51.0 Å². The lowest BCUT2D eigenvalue weighted by Gasteiger charge is -2.63. The molecule has 0 spiro atoms. The molecule has 1 heterocycles. The molecule has 6 rings (SSSR count). The number of anilines is 1. The van der Waals surface area contributed by atoms with E-state index in [1.165, 1.54) is 11.3 Å². The number of hydrogen-bond donors (Lipinski definition) is 2. The summed E-state index contributed by atoms with van der Waals surface area (Å²) in [6.07, 6.45) is 1.51. The molecule has 4 aliphatic carbocycles. The topological polar surface area (TPSA) is 73.1 Å². The Morgan fingerprint density at radius 3 is 2.38 bits per heavy atom. The predicted octanol–water partition coefficient (Wildman–Crippen LogP) is 4.63. The molecule has 4 bridgehead atoms. The van der Waals surface area contributed by atoms with E-state index in [4.69, 9.17) is 5.26 Å². The lowest BCUT2D eigenvalue weighted by atomic mass is 9.46. The van der Waals surface area contributed by atoms with Gasteiger partial charge in [-0.3, -0.25) is 0 Å². The van der Waals surface area contributed by atoms with Crippen molar-refractivity contribution in [3.8, 4) is 6.19 Å². The standard InChI is InChI=1S/C20H20F3N5S/c21-18-4-17(5-19(22,7-18)9-20(23,6-17)8-18)10-25-16(26-11-24)28-14-3-1-2-13-15(14)29-12-27-13/h1-3,12H,4-10H2,(H2,25,26,28). The van der Waals surface area contributed by atoms with E-state index in [9.17, 15) is 0 Å². The van der Waals surface area contributed by atoms with Crippen LogP contribution in [0.3, 0.4) is 0 Å². The van der Waals surface area contributed by atoms with Crippen LogP contribution in [0.15, 0.2) is 28.7 Å². The number of benzene rings is 1. The van der Waals surface area contributed by atoms with E-state index in [1.807, 2.05) is 18.2 Å². The minimum Gasteiger partial charge on any atom is -0.355 e. The fourth-order valence-electron chi connectivity index (χ4n) is 6.20. The molecule has 0 saturated heterocycles. The zero-order valence-corrected chi connectivity index (χ0v) is 16.5. The summed E-state index contributed by atoms with van der Waals surface area (Å²) in [6.45, 7) is 0.155. The third-order valence-corrected chi connectivity index (χ3v) is 7.25. The van der Waals surface area contributed by atoms with Gasteiger partial charge in [-0.25, -0.2) is 18.2 Å². The first-order chi connectivity index (χ1) is 13.7. The molecule has 0 aliphatic heterocycles. The first-order valence-corrected chi connectivity index (χ1v) is 10.5. The number of rotatable bonds is 3. The van der Waals surface area contributed by atoms with Crippen molar-refractivity contribution >= 4 is 33.2 Å². The molecule has 4 saturated carbocycles. The van der Waals surface area contributed by atoms with Crippen LogP contribution in [0, 0.1) is 16.9 Å². The van der Waals surface area contributed by atoms with Crippen molar-refractivity contribution in [1.29, 1.82) is 5.26 Å². The fourth-order valence-corrected chi connectivity index (χ4v) is 6.96. The van der Waals surface area contributed by atoms with Crippen LogP contribution in [-0.4, -0.2) is 34.5 Å². The van der Waals surface area contributed by atoms with Crippen LogP contribution in [0.2, 0.25) is 0 Å². The van der Waals surface area contributed by atoms with Crippen molar-refractivity contribution in [3.63, 3.8) is 0 Å². The summed E-state index contributed by atoms with van der Waals surface area (Å²) in [4.78, 5) is 8.04. The maximum Gasteiger partial charge on any atom is 0.211 e. The summed E-state index contributed by atoms with van der Waals surface area (Å²) < 4.78 is 46.4. The van der Waals surface area contributed by atoms with Crippen LogP contribution in [0.5, 0.6) is 0 Å². The second-order valence-electron chi connectivity index (χ2n) is 9.06. The highest BCUT2D eigenvalue weighted by Gasteiger charge is 2.70. The first kappa shape index (κ1) is 18.7. The van der Waals surface area contributed by atoms with Gasteiger partial charge in [0.1, 0.15) is 17.0 Å². The SMILES string of the molecule is N#C/N=C(\NCC12CC3(F)CC(F)(CC(F)(C3)C1)C2)Nc1cccc2ncsc12. The van der Waals surface area contributed by atoms with Crippen molar-refractivity contribution in [3.05, 3.63) is 23.7 Å². The lowest BCUT2D eigenvalue weighted by molar-refractivity contribution is -0.214. The second-order valence-corrected chi connectivity index (χ2v) is 9.91. The number of nitrogens with zero attached hydrogens (tertiary/aromatic N) is 3. The van der Waals surface area contributed by atoms with E-state index in [0.29, 0.717) is 0 Å². The zero-order valence-electron chi connectivity index (χ0n) is 15.6. The Kier molecular flexibility index (Phi) is 3.92. The Morgan fingerprint density at radius 1 is 1.10 bits per heavy atom. The minimum atomic E-state index is -1.80. The lowest BCUT2D eigenvalue weighted by Crippen LogP contribution is -2.67. The van der Waals surface area contributed by atoms with Gasteiger partial charge < -0.3 is 10.6 Å². The molecule has 152 valence electrons. The number of thiazole rings is 1. The summed E-state index contributed by atoms with van der Waals surface area (Å²) in [5, 5.41) is 15.2. The molecule has 5 nitrogen and oxygen atoms in total. The monoisotopic (exact) mass is 419 g/mol. The van der Waals surface area contributed by atoms with Crippen molar-refractivity contribution < 1.29 is 13.2 Å². The van der Waals surface area contributed by atoms with Crippen LogP contribution in [0.25, 0.3) is 10.2 Å². The largest absolute Gasteiger partial charge is 0.355 e. The third-order valence-electron chi connectivity index (χ3n) is 6.38. The molecule has 0 amide bonds. The number of fused-ring (bicyclic) bond motifs is 1. The molecular weight excluding hydrogens is 399 g/mol. The number of nitrogens with one attached hydrogen (secondary N) is 2. The van der Waals surface area contributed by atoms with Gasteiger partial charge in [0.25, 0.3) is 0 Å². The average molecular weight is 419 g/mol. The van der Waals surface area contributed by atoms with E-state index in [0.717, 1.165) is 15.9 Å². The Hall–Kier alpha value is -2.34. The van der Waals surface area contributed by atoms with E-state index < -0.39 is 22.4 Å². The van der Waals surface area contributed by atoms with Crippen LogP contribution in [0.4, 0.5) is 18.9 Å². The van der Waals surface area contributed by atoms with Crippen molar-refractivity contribution in [2.75, 3.05) is 11.9 Å². The van der Waals surface area contributed by atoms with Gasteiger partial charge in [-0.05, 0) is 36.8 Å². The Morgan fingerprint density at radius 2 is 1.76 bits per heavy atom. The number of halogens is 3. The Labute approximate surface area is 170 Å². The molecule has 4 aliphatic rings. The third kappa shape index (κ3) is 3.23. The molecule has 4 fully saturated rings. The highest BCUT2D eigenvalue weighted by Crippen LogP contribution is 2.67. The normalized spacial score (nSPS) is 38.2. The van der Waals surface area contributed by atoms with Crippen molar-refractivity contribution in [2.24, 2.45) is 10.4 Å². The summed E-state index contributed by atoms with van der Waals surface area (Å²) in [5.74, 6) is 0.179. The van der Waals surface area contributed by atoms with Gasteiger partial charge in [0, 0.05) is 25.8 Å². The van der Waals surface area contributed by atoms with Gasteiger partial charge in [0.2, 0.25) is 12.2 Å². The van der Waals surface area contributed by atoms with Gasteiger partial charge in [0.05, 0.1) is 21.4 Å². The van der Waals surface area contributed by atoms with Crippen LogP contribution in [-0.2, 0) is 0 Å². The quantitative estimate of drug-likeness (QED) is 0.432. The predicted molar refractivity (Wildman–Crippen MR) is 106 cm³/mol. The van der Waals surface area contributed by atoms with Crippen LogP contribution < -0.4 is 10.6 Å². The van der Waals surface area contributed by atoms with E-state index >= 15 is 13.2 Å². The summed E-state index contributed by atoms with van der Waals surface area (Å²) >= 11 is 1.45. The highest BCUT2D eigenvalue weighted by atomic mass is 32.1. The van der Waals surface area contributed by atoms with Gasteiger partial charge in [-0.1, -0.05) is 6.07 Å². The van der Waals surface area contributed by atoms with E-state index in [1.54, 1.807) is 11.7 Å². The molecule has 0 unspecified atom stereocenters. The molecular formula is C20H20F3N5S.